The van der Waals surface area contributed by atoms with E-state index >= 15 is 0 Å². The highest BCUT2D eigenvalue weighted by Gasteiger charge is 2.17. The zero-order valence-corrected chi connectivity index (χ0v) is 14.4. The van der Waals surface area contributed by atoms with Crippen molar-refractivity contribution in [1.82, 2.24) is 9.97 Å². The van der Waals surface area contributed by atoms with E-state index in [2.05, 4.69) is 15.3 Å². The number of methoxy groups -OCH3 is 2. The monoisotopic (exact) mass is 349 g/mol. The van der Waals surface area contributed by atoms with E-state index in [1.807, 2.05) is 0 Å². The normalized spacial score (nSPS) is 11.6. The smallest absolute Gasteiger partial charge is 0.237 e. The highest BCUT2D eigenvalue weighted by molar-refractivity contribution is 8.00. The second-order valence-corrected chi connectivity index (χ2v) is 6.16. The number of nitrogens with one attached hydrogen (secondary N) is 1. The van der Waals surface area contributed by atoms with Gasteiger partial charge in [0.05, 0.1) is 19.5 Å². The summed E-state index contributed by atoms with van der Waals surface area (Å²) in [6.45, 7) is 1.74. The van der Waals surface area contributed by atoms with Gasteiger partial charge in [-0.25, -0.2) is 9.97 Å². The molecule has 1 aromatic heterocycles. The van der Waals surface area contributed by atoms with Crippen LogP contribution in [0.3, 0.4) is 0 Å². The molecule has 1 amide bonds. The summed E-state index contributed by atoms with van der Waals surface area (Å²) in [6.07, 6.45) is 0. The largest absolute Gasteiger partial charge is 0.497 e. The van der Waals surface area contributed by atoms with Crippen LogP contribution in [0.25, 0.3) is 0 Å². The van der Waals surface area contributed by atoms with Crippen LogP contribution >= 0.6 is 11.8 Å². The van der Waals surface area contributed by atoms with Gasteiger partial charge in [0.15, 0.2) is 5.16 Å². The molecule has 2 aromatic rings. The molecule has 9 heteroatoms. The number of rotatable bonds is 6. The van der Waals surface area contributed by atoms with E-state index in [4.69, 9.17) is 20.9 Å². The Morgan fingerprint density at radius 2 is 1.62 bits per heavy atom. The van der Waals surface area contributed by atoms with E-state index in [0.717, 1.165) is 11.8 Å². The van der Waals surface area contributed by atoms with Gasteiger partial charge in [-0.1, -0.05) is 11.8 Å². The summed E-state index contributed by atoms with van der Waals surface area (Å²) < 4.78 is 10.4. The minimum Gasteiger partial charge on any atom is -0.497 e. The summed E-state index contributed by atoms with van der Waals surface area (Å²) in [6, 6.07) is 6.58. The lowest BCUT2D eigenvalue weighted by Crippen LogP contribution is -2.22. The van der Waals surface area contributed by atoms with Crippen molar-refractivity contribution in [3.8, 4) is 11.5 Å². The molecule has 1 atom stereocenters. The number of hydrogen-bond donors (Lipinski definition) is 3. The number of ether oxygens (including phenoxy) is 2. The van der Waals surface area contributed by atoms with Gasteiger partial charge < -0.3 is 26.3 Å². The molecule has 1 heterocycles. The van der Waals surface area contributed by atoms with Gasteiger partial charge in [0, 0.05) is 30.0 Å². The number of aromatic nitrogens is 2. The number of hydrogen-bond acceptors (Lipinski definition) is 8. The second kappa shape index (κ2) is 7.73. The highest BCUT2D eigenvalue weighted by Crippen LogP contribution is 2.27. The van der Waals surface area contributed by atoms with Crippen LogP contribution in [0.5, 0.6) is 11.5 Å². The van der Waals surface area contributed by atoms with Crippen molar-refractivity contribution in [1.29, 1.82) is 0 Å². The number of carbonyl (C=O) groups excluding carboxylic acids is 1. The summed E-state index contributed by atoms with van der Waals surface area (Å²) in [5.74, 6) is 1.46. The molecule has 2 rings (SSSR count). The van der Waals surface area contributed by atoms with Crippen molar-refractivity contribution in [2.75, 3.05) is 31.0 Å². The Hall–Kier alpha value is -2.68. The third-order valence-electron chi connectivity index (χ3n) is 3.02. The first-order valence-electron chi connectivity index (χ1n) is 7.02. The van der Waals surface area contributed by atoms with Gasteiger partial charge in [-0.05, 0) is 6.92 Å². The molecule has 128 valence electrons. The quantitative estimate of drug-likeness (QED) is 0.532. The average Bonchev–Trinajstić information content (AvgIpc) is 2.53. The maximum atomic E-state index is 12.4. The molecule has 1 aromatic carbocycles. The number of nitrogens with zero attached hydrogens (tertiary/aromatic N) is 2. The van der Waals surface area contributed by atoms with E-state index < -0.39 is 5.25 Å². The van der Waals surface area contributed by atoms with Crippen LogP contribution in [0, 0.1) is 0 Å². The average molecular weight is 349 g/mol. The first kappa shape index (κ1) is 17.7. The summed E-state index contributed by atoms with van der Waals surface area (Å²) in [4.78, 5) is 20.4. The van der Waals surface area contributed by atoms with Gasteiger partial charge in [-0.3, -0.25) is 4.79 Å². The van der Waals surface area contributed by atoms with Gasteiger partial charge in [0.2, 0.25) is 5.91 Å². The van der Waals surface area contributed by atoms with E-state index in [-0.39, 0.29) is 17.5 Å². The molecule has 8 nitrogen and oxygen atoms in total. The van der Waals surface area contributed by atoms with Crippen molar-refractivity contribution in [3.63, 3.8) is 0 Å². The van der Waals surface area contributed by atoms with Crippen LogP contribution in [0.1, 0.15) is 6.92 Å². The van der Waals surface area contributed by atoms with Gasteiger partial charge in [-0.2, -0.15) is 0 Å². The third-order valence-corrected chi connectivity index (χ3v) is 3.98. The first-order chi connectivity index (χ1) is 11.4. The molecule has 24 heavy (non-hydrogen) atoms. The van der Waals surface area contributed by atoms with E-state index in [0.29, 0.717) is 22.3 Å². The van der Waals surface area contributed by atoms with Crippen molar-refractivity contribution in [3.05, 3.63) is 24.3 Å². The molecule has 1 unspecified atom stereocenters. The number of benzene rings is 1. The predicted molar refractivity (Wildman–Crippen MR) is 94.4 cm³/mol. The molecular weight excluding hydrogens is 330 g/mol. The van der Waals surface area contributed by atoms with Gasteiger partial charge >= 0.3 is 0 Å². The van der Waals surface area contributed by atoms with Gasteiger partial charge in [0.1, 0.15) is 23.1 Å². The Kier molecular flexibility index (Phi) is 5.69. The lowest BCUT2D eigenvalue weighted by molar-refractivity contribution is -0.115. The van der Waals surface area contributed by atoms with Crippen molar-refractivity contribution >= 4 is 35.0 Å². The van der Waals surface area contributed by atoms with Crippen LogP contribution in [0.15, 0.2) is 29.4 Å². The van der Waals surface area contributed by atoms with Crippen LogP contribution < -0.4 is 26.3 Å². The number of thioether (sulfide) groups is 1. The summed E-state index contributed by atoms with van der Waals surface area (Å²) in [5.41, 5.74) is 11.8. The highest BCUT2D eigenvalue weighted by atomic mass is 32.2. The molecule has 0 radical (unpaired) electrons. The predicted octanol–water partition coefficient (Wildman–Crippen LogP) is 1.78. The molecule has 0 bridgehead atoms. The Balaban J connectivity index is 2.08. The van der Waals surface area contributed by atoms with Crippen molar-refractivity contribution in [2.24, 2.45) is 0 Å². The Bertz CT molecular complexity index is 699. The van der Waals surface area contributed by atoms with Crippen LogP contribution in [-0.2, 0) is 4.79 Å². The lowest BCUT2D eigenvalue weighted by Gasteiger charge is -2.13. The van der Waals surface area contributed by atoms with Crippen LogP contribution in [0.2, 0.25) is 0 Å². The SMILES string of the molecule is COc1cc(NC(=O)C(C)Sc2nc(N)cc(N)n2)cc(OC)c1. The molecule has 0 fully saturated rings. The Labute approximate surface area is 143 Å². The number of amides is 1. The zero-order chi connectivity index (χ0) is 17.7. The van der Waals surface area contributed by atoms with E-state index in [9.17, 15) is 4.79 Å². The maximum absolute atomic E-state index is 12.4. The molecule has 0 saturated heterocycles. The van der Waals surface area contributed by atoms with Crippen molar-refractivity contribution < 1.29 is 14.3 Å². The third kappa shape index (κ3) is 4.66. The fourth-order valence-corrected chi connectivity index (χ4v) is 2.65. The minimum atomic E-state index is -0.455. The Morgan fingerprint density at radius 1 is 1.08 bits per heavy atom. The maximum Gasteiger partial charge on any atom is 0.237 e. The van der Waals surface area contributed by atoms with Crippen LogP contribution in [0.4, 0.5) is 17.3 Å². The molecular formula is C15H19N5O3S. The molecule has 0 saturated carbocycles. The molecule has 0 spiro atoms. The molecule has 5 N–H and O–H groups in total. The number of anilines is 3. The standard InChI is InChI=1S/C15H19N5O3S/c1-8(24-15-19-12(16)7-13(17)20-15)14(21)18-9-4-10(22-2)6-11(5-9)23-3/h4-8H,1-3H3,(H,18,21)(H4,16,17,19,20). The number of nitrogen functional groups attached to an aromatic ring is 2. The number of nitrogens with two attached hydrogens (primary N) is 2. The summed E-state index contributed by atoms with van der Waals surface area (Å²) in [7, 11) is 3.08. The van der Waals surface area contributed by atoms with Gasteiger partial charge in [-0.15, -0.1) is 0 Å². The zero-order valence-electron chi connectivity index (χ0n) is 13.6. The first-order valence-corrected chi connectivity index (χ1v) is 7.90. The van der Waals surface area contributed by atoms with E-state index in [1.165, 1.54) is 6.07 Å². The van der Waals surface area contributed by atoms with E-state index in [1.54, 1.807) is 39.3 Å². The van der Waals surface area contributed by atoms with Crippen molar-refractivity contribution in [2.45, 2.75) is 17.3 Å². The van der Waals surface area contributed by atoms with Gasteiger partial charge in [0.25, 0.3) is 0 Å². The fourth-order valence-electron chi connectivity index (χ4n) is 1.85. The van der Waals surface area contributed by atoms with Crippen LogP contribution in [-0.4, -0.2) is 35.3 Å². The fraction of sp³-hybridized carbons (Fsp3) is 0.267. The summed E-state index contributed by atoms with van der Waals surface area (Å²) >= 11 is 1.16. The molecule has 0 aliphatic rings. The topological polar surface area (TPSA) is 125 Å². The Morgan fingerprint density at radius 3 is 2.12 bits per heavy atom. The molecule has 0 aliphatic carbocycles. The molecule has 0 aliphatic heterocycles. The number of carbonyl (C=O) groups is 1. The second-order valence-electron chi connectivity index (χ2n) is 4.85. The lowest BCUT2D eigenvalue weighted by atomic mass is 10.2. The summed E-state index contributed by atoms with van der Waals surface area (Å²) in [5, 5.41) is 2.69. The minimum absolute atomic E-state index is 0.222.